The van der Waals surface area contributed by atoms with E-state index >= 15 is 0 Å². The van der Waals surface area contributed by atoms with E-state index in [9.17, 15) is 15.0 Å². The van der Waals surface area contributed by atoms with E-state index in [1.807, 2.05) is 20.2 Å². The Labute approximate surface area is 170 Å². The van der Waals surface area contributed by atoms with Crippen LogP contribution in [0.2, 0.25) is 0 Å². The van der Waals surface area contributed by atoms with Gasteiger partial charge in [0, 0.05) is 26.4 Å². The number of carbonyl (C=O) groups excluding carboxylic acids is 1. The van der Waals surface area contributed by atoms with Gasteiger partial charge in [0.2, 0.25) is 5.91 Å². The zero-order valence-electron chi connectivity index (χ0n) is 17.7. The molecule has 0 aromatic heterocycles. The minimum atomic E-state index is -0.352. The molecule has 0 spiro atoms. The summed E-state index contributed by atoms with van der Waals surface area (Å²) in [5, 5.41) is 21.1. The number of hydrogen-bond acceptors (Lipinski definition) is 3. The number of nitrogens with zero attached hydrogens (tertiary/aromatic N) is 1. The van der Waals surface area contributed by atoms with E-state index in [4.69, 9.17) is 0 Å². The summed E-state index contributed by atoms with van der Waals surface area (Å²) in [6, 6.07) is 0. The second kappa shape index (κ2) is 10.1. The van der Waals surface area contributed by atoms with E-state index in [0.29, 0.717) is 24.2 Å². The average molecular weight is 390 g/mol. The minimum absolute atomic E-state index is 0.173. The molecule has 3 aliphatic rings. The number of aliphatic hydroxyl groups excluding tert-OH is 2. The number of fused-ring (bicyclic) bond motifs is 1. The molecule has 0 aliphatic heterocycles. The molecular weight excluding hydrogens is 350 g/mol. The first kappa shape index (κ1) is 21.6. The van der Waals surface area contributed by atoms with Crippen molar-refractivity contribution >= 4 is 5.91 Å². The molecule has 0 bridgehead atoms. The first-order valence-electron chi connectivity index (χ1n) is 11.4. The minimum Gasteiger partial charge on any atom is -0.392 e. The van der Waals surface area contributed by atoms with Crippen LogP contribution in [0, 0.1) is 23.7 Å². The topological polar surface area (TPSA) is 60.8 Å². The number of rotatable bonds is 8. The summed E-state index contributed by atoms with van der Waals surface area (Å²) in [6.45, 7) is 0. The Morgan fingerprint density at radius 2 is 2.00 bits per heavy atom. The van der Waals surface area contributed by atoms with Gasteiger partial charge in [-0.2, -0.15) is 0 Å². The first-order valence-corrected chi connectivity index (χ1v) is 11.4. The molecule has 2 saturated carbocycles. The summed E-state index contributed by atoms with van der Waals surface area (Å²) in [6.07, 6.45) is 17.5. The monoisotopic (exact) mass is 389 g/mol. The zero-order valence-corrected chi connectivity index (χ0v) is 17.7. The number of hydrogen-bond donors (Lipinski definition) is 2. The third-order valence-corrected chi connectivity index (χ3v) is 7.25. The van der Waals surface area contributed by atoms with E-state index in [1.54, 1.807) is 4.90 Å². The van der Waals surface area contributed by atoms with Crippen molar-refractivity contribution < 1.29 is 15.0 Å². The van der Waals surface area contributed by atoms with Crippen molar-refractivity contribution in [2.24, 2.45) is 23.7 Å². The van der Waals surface area contributed by atoms with Crippen molar-refractivity contribution in [2.45, 2.75) is 82.8 Å². The van der Waals surface area contributed by atoms with Crippen molar-refractivity contribution in [3.05, 3.63) is 23.8 Å². The van der Waals surface area contributed by atoms with Gasteiger partial charge in [-0.1, -0.05) is 43.1 Å². The summed E-state index contributed by atoms with van der Waals surface area (Å²) in [4.78, 5) is 13.3. The fourth-order valence-electron chi connectivity index (χ4n) is 5.52. The number of carbonyl (C=O) groups is 1. The molecule has 0 saturated heterocycles. The molecule has 4 nitrogen and oxygen atoms in total. The first-order chi connectivity index (χ1) is 13.5. The van der Waals surface area contributed by atoms with Gasteiger partial charge in [-0.05, 0) is 62.7 Å². The Kier molecular flexibility index (Phi) is 7.76. The van der Waals surface area contributed by atoms with Gasteiger partial charge in [0.1, 0.15) is 0 Å². The Morgan fingerprint density at radius 3 is 2.71 bits per heavy atom. The molecule has 2 N–H and O–H groups in total. The highest BCUT2D eigenvalue weighted by atomic mass is 16.3. The summed E-state index contributed by atoms with van der Waals surface area (Å²) >= 11 is 0. The van der Waals surface area contributed by atoms with Crippen LogP contribution in [0.15, 0.2) is 23.8 Å². The lowest BCUT2D eigenvalue weighted by atomic mass is 9.83. The molecule has 158 valence electrons. The van der Waals surface area contributed by atoms with Crippen LogP contribution in [0.3, 0.4) is 0 Å². The highest BCUT2D eigenvalue weighted by Gasteiger charge is 2.43. The maximum absolute atomic E-state index is 11.7. The quantitative estimate of drug-likeness (QED) is 0.486. The summed E-state index contributed by atoms with van der Waals surface area (Å²) < 4.78 is 0. The second-order valence-electron chi connectivity index (χ2n) is 9.51. The largest absolute Gasteiger partial charge is 0.392 e. The van der Waals surface area contributed by atoms with E-state index in [0.717, 1.165) is 44.9 Å². The van der Waals surface area contributed by atoms with Crippen LogP contribution in [0.4, 0.5) is 0 Å². The number of unbranched alkanes of at least 4 members (excludes halogenated alkanes) is 1. The standard InChI is InChI=1S/C24H39NO3/c1-25(2)24(28)11-7-6-8-17-14-19-16-23(27)20(21(19)15-17)12-13-22(26)18-9-4-3-5-10-18/h12-14,18-23,26-27H,3-11,15-16H2,1-2H3/t19-,20+,21-,22-,23+/m0/s1. The molecule has 4 heteroatoms. The molecule has 0 radical (unpaired) electrons. The Bertz CT molecular complexity index is 576. The van der Waals surface area contributed by atoms with Gasteiger partial charge in [0.15, 0.2) is 0 Å². The average Bonchev–Trinajstić information content (AvgIpc) is 3.20. The van der Waals surface area contributed by atoms with Crippen molar-refractivity contribution in [1.82, 2.24) is 4.90 Å². The van der Waals surface area contributed by atoms with Gasteiger partial charge < -0.3 is 15.1 Å². The fraction of sp³-hybridized carbons (Fsp3) is 0.792. The van der Waals surface area contributed by atoms with Gasteiger partial charge in [0.05, 0.1) is 12.2 Å². The number of allylic oxidation sites excluding steroid dienone is 2. The molecule has 28 heavy (non-hydrogen) atoms. The third-order valence-electron chi connectivity index (χ3n) is 7.25. The Hall–Kier alpha value is -1.13. The SMILES string of the molecule is CN(C)C(=O)CCCCC1=C[C@H]2C[C@@H](O)[C@H](C=C[C@H](O)C3CCCCC3)[C@H]2C1. The summed E-state index contributed by atoms with van der Waals surface area (Å²) in [5.74, 6) is 1.76. The van der Waals surface area contributed by atoms with E-state index in [1.165, 1.54) is 24.8 Å². The van der Waals surface area contributed by atoms with E-state index < -0.39 is 0 Å². The third kappa shape index (κ3) is 5.48. The molecular formula is C24H39NO3. The van der Waals surface area contributed by atoms with Crippen LogP contribution in [0.25, 0.3) is 0 Å². The zero-order chi connectivity index (χ0) is 20.1. The Balaban J connectivity index is 1.45. The summed E-state index contributed by atoms with van der Waals surface area (Å²) in [7, 11) is 3.63. The van der Waals surface area contributed by atoms with Crippen LogP contribution in [-0.2, 0) is 4.79 Å². The highest BCUT2D eigenvalue weighted by molar-refractivity contribution is 5.75. The van der Waals surface area contributed by atoms with Crippen molar-refractivity contribution in [2.75, 3.05) is 14.1 Å². The van der Waals surface area contributed by atoms with Crippen LogP contribution >= 0.6 is 0 Å². The lowest BCUT2D eigenvalue weighted by Gasteiger charge is -2.25. The lowest BCUT2D eigenvalue weighted by Crippen LogP contribution is -2.22. The molecule has 3 rings (SSSR count). The van der Waals surface area contributed by atoms with Crippen molar-refractivity contribution in [1.29, 1.82) is 0 Å². The smallest absolute Gasteiger partial charge is 0.222 e. The maximum Gasteiger partial charge on any atom is 0.222 e. The molecule has 0 unspecified atom stereocenters. The van der Waals surface area contributed by atoms with E-state index in [2.05, 4.69) is 12.2 Å². The summed E-state index contributed by atoms with van der Waals surface area (Å²) in [5.41, 5.74) is 1.51. The molecule has 3 aliphatic carbocycles. The van der Waals surface area contributed by atoms with Gasteiger partial charge in [-0.3, -0.25) is 4.79 Å². The van der Waals surface area contributed by atoms with E-state index in [-0.39, 0.29) is 24.0 Å². The predicted octanol–water partition coefficient (Wildman–Crippen LogP) is 4.08. The molecule has 0 heterocycles. The van der Waals surface area contributed by atoms with Gasteiger partial charge in [-0.15, -0.1) is 0 Å². The van der Waals surface area contributed by atoms with Crippen molar-refractivity contribution in [3.8, 4) is 0 Å². The highest BCUT2D eigenvalue weighted by Crippen LogP contribution is 2.48. The molecule has 2 fully saturated rings. The second-order valence-corrected chi connectivity index (χ2v) is 9.51. The van der Waals surface area contributed by atoms with Gasteiger partial charge in [0.25, 0.3) is 0 Å². The fourth-order valence-corrected chi connectivity index (χ4v) is 5.52. The van der Waals surface area contributed by atoms with Gasteiger partial charge in [-0.25, -0.2) is 0 Å². The molecule has 0 aromatic rings. The molecule has 5 atom stereocenters. The van der Waals surface area contributed by atoms with Crippen molar-refractivity contribution in [3.63, 3.8) is 0 Å². The number of amides is 1. The van der Waals surface area contributed by atoms with Gasteiger partial charge >= 0.3 is 0 Å². The van der Waals surface area contributed by atoms with Crippen LogP contribution < -0.4 is 0 Å². The maximum atomic E-state index is 11.7. The Morgan fingerprint density at radius 1 is 1.25 bits per heavy atom. The normalized spacial score (nSPS) is 31.8. The molecule has 0 aromatic carbocycles. The predicted molar refractivity (Wildman–Crippen MR) is 113 cm³/mol. The molecule has 1 amide bonds. The van der Waals surface area contributed by atoms with Crippen LogP contribution in [-0.4, -0.2) is 47.3 Å². The van der Waals surface area contributed by atoms with Crippen LogP contribution in [0.5, 0.6) is 0 Å². The van der Waals surface area contributed by atoms with Crippen LogP contribution in [0.1, 0.15) is 70.6 Å². The number of aliphatic hydroxyl groups is 2. The lowest BCUT2D eigenvalue weighted by molar-refractivity contribution is -0.128.